The number of methoxy groups -OCH3 is 1. The molecule has 4 nitrogen and oxygen atoms in total. The fourth-order valence-corrected chi connectivity index (χ4v) is 2.70. The molecule has 0 saturated heterocycles. The molecule has 1 atom stereocenters. The third-order valence-corrected chi connectivity index (χ3v) is 3.91. The van der Waals surface area contributed by atoms with Crippen LogP contribution in [0.4, 0.5) is 0 Å². The number of carbonyl (C=O) groups excluding carboxylic acids is 1. The summed E-state index contributed by atoms with van der Waals surface area (Å²) in [6.45, 7) is 0. The number of thiazole rings is 1. The Bertz CT molecular complexity index is 646. The van der Waals surface area contributed by atoms with Crippen molar-refractivity contribution in [3.8, 4) is 23.1 Å². The first-order chi connectivity index (χ1) is 9.69. The van der Waals surface area contributed by atoms with Gasteiger partial charge in [-0.1, -0.05) is 0 Å². The number of hydrogen-bond acceptors (Lipinski definition) is 5. The van der Waals surface area contributed by atoms with Gasteiger partial charge in [-0.15, -0.1) is 22.9 Å². The summed E-state index contributed by atoms with van der Waals surface area (Å²) in [6, 6.07) is 9.37. The van der Waals surface area contributed by atoms with Crippen LogP contribution >= 0.6 is 22.9 Å². The molecule has 1 aromatic heterocycles. The Labute approximate surface area is 125 Å². The Kier molecular flexibility index (Phi) is 4.72. The second kappa shape index (κ2) is 6.51. The van der Waals surface area contributed by atoms with Crippen LogP contribution in [-0.2, 0) is 4.79 Å². The molecular formula is C14H11ClN2O2S. The number of nitriles is 1. The minimum absolute atomic E-state index is 0.185. The van der Waals surface area contributed by atoms with Crippen molar-refractivity contribution >= 4 is 28.7 Å². The Morgan fingerprint density at radius 1 is 1.50 bits per heavy atom. The smallest absolute Gasteiger partial charge is 0.171 e. The highest BCUT2D eigenvalue weighted by Gasteiger charge is 2.22. The monoisotopic (exact) mass is 306 g/mol. The lowest BCUT2D eigenvalue weighted by atomic mass is 10.1. The Hall–Kier alpha value is -1.90. The summed E-state index contributed by atoms with van der Waals surface area (Å²) in [5, 5.41) is 11.3. The van der Waals surface area contributed by atoms with E-state index >= 15 is 0 Å². The summed E-state index contributed by atoms with van der Waals surface area (Å²) in [5.74, 6) is -0.638. The van der Waals surface area contributed by atoms with E-state index in [1.54, 1.807) is 7.11 Å². The lowest BCUT2D eigenvalue weighted by Gasteiger charge is -2.02. The first-order valence-electron chi connectivity index (χ1n) is 5.77. The first kappa shape index (κ1) is 14.5. The van der Waals surface area contributed by atoms with Gasteiger partial charge in [0.25, 0.3) is 0 Å². The molecule has 1 heterocycles. The zero-order chi connectivity index (χ0) is 14.5. The standard InChI is InChI=1S/C14H11ClN2O2S/c1-19-10-4-2-9(3-5-10)12-8-20-14(17-12)11(7-16)13(18)6-15/h2-5,8,11H,6H2,1H3. The third-order valence-electron chi connectivity index (χ3n) is 2.74. The van der Waals surface area contributed by atoms with E-state index in [0.717, 1.165) is 17.0 Å². The number of rotatable bonds is 5. The summed E-state index contributed by atoms with van der Waals surface area (Å²) in [6.07, 6.45) is 0. The lowest BCUT2D eigenvalue weighted by Crippen LogP contribution is -2.11. The molecule has 1 aromatic carbocycles. The number of Topliss-reactive ketones (excluding diaryl/α,β-unsaturated/α-hetero) is 1. The third kappa shape index (κ3) is 2.98. The van der Waals surface area contributed by atoms with Crippen LogP contribution in [0.5, 0.6) is 5.75 Å². The number of benzene rings is 1. The first-order valence-corrected chi connectivity index (χ1v) is 7.19. The average Bonchev–Trinajstić information content (AvgIpc) is 2.97. The van der Waals surface area contributed by atoms with E-state index in [-0.39, 0.29) is 11.7 Å². The molecule has 6 heteroatoms. The van der Waals surface area contributed by atoms with Crippen LogP contribution < -0.4 is 4.74 Å². The van der Waals surface area contributed by atoms with Crippen LogP contribution in [-0.4, -0.2) is 23.8 Å². The Balaban J connectivity index is 2.28. The summed E-state index contributed by atoms with van der Waals surface area (Å²) < 4.78 is 5.09. The zero-order valence-corrected chi connectivity index (χ0v) is 12.2. The summed E-state index contributed by atoms with van der Waals surface area (Å²) in [4.78, 5) is 15.9. The van der Waals surface area contributed by atoms with Gasteiger partial charge in [-0.05, 0) is 24.3 Å². The minimum Gasteiger partial charge on any atom is -0.497 e. The van der Waals surface area contributed by atoms with Gasteiger partial charge in [-0.3, -0.25) is 4.79 Å². The van der Waals surface area contributed by atoms with E-state index in [1.807, 2.05) is 35.7 Å². The molecule has 102 valence electrons. The topological polar surface area (TPSA) is 63.0 Å². The lowest BCUT2D eigenvalue weighted by molar-refractivity contribution is -0.117. The second-order valence-corrected chi connectivity index (χ2v) is 5.12. The molecule has 0 spiro atoms. The van der Waals surface area contributed by atoms with Crippen molar-refractivity contribution in [3.63, 3.8) is 0 Å². The number of hydrogen-bond donors (Lipinski definition) is 0. The molecule has 0 fully saturated rings. The zero-order valence-electron chi connectivity index (χ0n) is 10.7. The van der Waals surface area contributed by atoms with Gasteiger partial charge >= 0.3 is 0 Å². The maximum atomic E-state index is 11.6. The van der Waals surface area contributed by atoms with Gasteiger partial charge in [0.05, 0.1) is 24.8 Å². The van der Waals surface area contributed by atoms with Crippen molar-refractivity contribution in [2.75, 3.05) is 13.0 Å². The van der Waals surface area contributed by atoms with Gasteiger partial charge < -0.3 is 4.74 Å². The number of aromatic nitrogens is 1. The maximum absolute atomic E-state index is 11.6. The molecule has 0 amide bonds. The minimum atomic E-state index is -0.885. The number of ketones is 1. The molecule has 1 unspecified atom stereocenters. The fourth-order valence-electron chi connectivity index (χ4n) is 1.66. The van der Waals surface area contributed by atoms with Gasteiger partial charge in [0, 0.05) is 10.9 Å². The number of ether oxygens (including phenoxy) is 1. The van der Waals surface area contributed by atoms with Gasteiger partial charge in [0.15, 0.2) is 11.7 Å². The van der Waals surface area contributed by atoms with E-state index < -0.39 is 5.92 Å². The van der Waals surface area contributed by atoms with E-state index in [2.05, 4.69) is 4.98 Å². The van der Waals surface area contributed by atoms with Gasteiger partial charge in [-0.2, -0.15) is 5.26 Å². The summed E-state index contributed by atoms with van der Waals surface area (Å²) in [5.41, 5.74) is 1.64. The van der Waals surface area contributed by atoms with Crippen LogP contribution in [0.25, 0.3) is 11.3 Å². The van der Waals surface area contributed by atoms with Gasteiger partial charge in [0.2, 0.25) is 0 Å². The molecule has 0 bridgehead atoms. The van der Waals surface area contributed by atoms with Crippen LogP contribution in [0.3, 0.4) is 0 Å². The highest BCUT2D eigenvalue weighted by atomic mass is 35.5. The quantitative estimate of drug-likeness (QED) is 0.796. The Morgan fingerprint density at radius 2 is 2.20 bits per heavy atom. The molecule has 20 heavy (non-hydrogen) atoms. The molecule has 2 aromatic rings. The van der Waals surface area contributed by atoms with Crippen molar-refractivity contribution in [3.05, 3.63) is 34.7 Å². The summed E-state index contributed by atoms with van der Waals surface area (Å²) in [7, 11) is 1.60. The van der Waals surface area contributed by atoms with E-state index in [9.17, 15) is 4.79 Å². The summed E-state index contributed by atoms with van der Waals surface area (Å²) >= 11 is 6.78. The molecule has 0 aliphatic rings. The molecule has 0 saturated carbocycles. The molecule has 2 rings (SSSR count). The molecule has 0 radical (unpaired) electrons. The second-order valence-electron chi connectivity index (χ2n) is 3.96. The average molecular weight is 307 g/mol. The van der Waals surface area contributed by atoms with Gasteiger partial charge in [0.1, 0.15) is 10.8 Å². The molecule has 0 N–H and O–H groups in total. The SMILES string of the molecule is COc1ccc(-c2csc(C(C#N)C(=O)CCl)n2)cc1. The highest BCUT2D eigenvalue weighted by molar-refractivity contribution is 7.10. The largest absolute Gasteiger partial charge is 0.497 e. The maximum Gasteiger partial charge on any atom is 0.171 e. The van der Waals surface area contributed by atoms with Crippen molar-refractivity contribution in [1.29, 1.82) is 5.26 Å². The number of carbonyl (C=O) groups is 1. The predicted octanol–water partition coefficient (Wildman–Crippen LogP) is 3.23. The molecular weight excluding hydrogens is 296 g/mol. The number of alkyl halides is 1. The number of halogens is 1. The normalized spacial score (nSPS) is 11.7. The van der Waals surface area contributed by atoms with Crippen molar-refractivity contribution in [1.82, 2.24) is 4.98 Å². The van der Waals surface area contributed by atoms with Crippen LogP contribution in [0, 0.1) is 11.3 Å². The Morgan fingerprint density at radius 3 is 2.75 bits per heavy atom. The van der Waals surface area contributed by atoms with Crippen LogP contribution in [0.2, 0.25) is 0 Å². The highest BCUT2D eigenvalue weighted by Crippen LogP contribution is 2.28. The fraction of sp³-hybridized carbons (Fsp3) is 0.214. The molecule has 0 aliphatic carbocycles. The molecule has 0 aliphatic heterocycles. The van der Waals surface area contributed by atoms with E-state index in [1.165, 1.54) is 11.3 Å². The van der Waals surface area contributed by atoms with Crippen LogP contribution in [0.1, 0.15) is 10.9 Å². The van der Waals surface area contributed by atoms with Crippen molar-refractivity contribution in [2.45, 2.75) is 5.92 Å². The van der Waals surface area contributed by atoms with Crippen LogP contribution in [0.15, 0.2) is 29.6 Å². The van der Waals surface area contributed by atoms with E-state index in [4.69, 9.17) is 21.6 Å². The predicted molar refractivity (Wildman–Crippen MR) is 78.2 cm³/mol. The van der Waals surface area contributed by atoms with E-state index in [0.29, 0.717) is 5.01 Å². The van der Waals surface area contributed by atoms with Gasteiger partial charge in [-0.25, -0.2) is 4.98 Å². The van der Waals surface area contributed by atoms with Crippen molar-refractivity contribution < 1.29 is 9.53 Å². The number of nitrogens with zero attached hydrogens (tertiary/aromatic N) is 2. The van der Waals surface area contributed by atoms with Crippen molar-refractivity contribution in [2.24, 2.45) is 0 Å².